The van der Waals surface area contributed by atoms with Gasteiger partial charge in [-0.05, 0) is 17.7 Å². The monoisotopic (exact) mass is 268 g/mol. The maximum absolute atomic E-state index is 11.6. The first-order chi connectivity index (χ1) is 8.52. The molecule has 0 aromatic heterocycles. The number of rotatable bonds is 3. The predicted molar refractivity (Wildman–Crippen MR) is 63.5 cm³/mol. The molecular weight excluding hydrogens is 256 g/mol. The van der Waals surface area contributed by atoms with Gasteiger partial charge in [0.1, 0.15) is 6.29 Å². The Labute approximate surface area is 105 Å². The summed E-state index contributed by atoms with van der Waals surface area (Å²) in [5.41, 5.74) is 0.812. The van der Waals surface area contributed by atoms with Gasteiger partial charge in [0.05, 0.1) is 5.25 Å². The third kappa shape index (κ3) is 1.68. The van der Waals surface area contributed by atoms with E-state index in [2.05, 4.69) is 0 Å². The second-order valence-electron chi connectivity index (χ2n) is 4.65. The Morgan fingerprint density at radius 2 is 2.00 bits per heavy atom. The van der Waals surface area contributed by atoms with E-state index in [1.54, 1.807) is 18.2 Å². The molecule has 1 fully saturated rings. The van der Waals surface area contributed by atoms with Gasteiger partial charge in [-0.15, -0.1) is 0 Å². The quantitative estimate of drug-likeness (QED) is 0.756. The van der Waals surface area contributed by atoms with Crippen LogP contribution in [0.4, 0.5) is 0 Å². The summed E-state index contributed by atoms with van der Waals surface area (Å²) < 4.78 is 33.6. The standard InChI is InChI=1S/C12H12O5S/c1-18(14,15)12-8(5-13)11(12)7-2-3-9-10(4-7)17-6-16-9/h2-5,8,11-12H,6H2,1H3/t8-,11-,12+/m0/s1. The number of sulfone groups is 1. The van der Waals surface area contributed by atoms with Gasteiger partial charge in [0, 0.05) is 18.1 Å². The van der Waals surface area contributed by atoms with Crippen molar-refractivity contribution in [2.45, 2.75) is 11.2 Å². The summed E-state index contributed by atoms with van der Waals surface area (Å²) in [6.45, 7) is 0.177. The van der Waals surface area contributed by atoms with Gasteiger partial charge in [0.15, 0.2) is 21.3 Å². The number of carbonyl (C=O) groups is 1. The Balaban J connectivity index is 1.95. The smallest absolute Gasteiger partial charge is 0.231 e. The van der Waals surface area contributed by atoms with Crippen LogP contribution in [0, 0.1) is 5.92 Å². The SMILES string of the molecule is CS(=O)(=O)[C@@H]1[C@@H](C=O)[C@@H]1c1ccc2c(c1)OCO2. The molecule has 0 bridgehead atoms. The van der Waals surface area contributed by atoms with Crippen LogP contribution in [0.1, 0.15) is 11.5 Å². The summed E-state index contributed by atoms with van der Waals surface area (Å²) in [4.78, 5) is 10.9. The van der Waals surface area contributed by atoms with Gasteiger partial charge in [-0.3, -0.25) is 0 Å². The van der Waals surface area contributed by atoms with Crippen LogP contribution in [0.25, 0.3) is 0 Å². The molecule has 0 saturated heterocycles. The summed E-state index contributed by atoms with van der Waals surface area (Å²) in [6, 6.07) is 5.30. The second-order valence-corrected chi connectivity index (χ2v) is 6.85. The van der Waals surface area contributed by atoms with Crippen molar-refractivity contribution < 1.29 is 22.7 Å². The van der Waals surface area contributed by atoms with Crippen LogP contribution < -0.4 is 9.47 Å². The van der Waals surface area contributed by atoms with Crippen LogP contribution in [-0.4, -0.2) is 33.0 Å². The fourth-order valence-electron chi connectivity index (χ4n) is 2.55. The molecule has 1 saturated carbocycles. The van der Waals surface area contributed by atoms with Crippen molar-refractivity contribution >= 4 is 16.1 Å². The molecule has 1 aromatic carbocycles. The normalized spacial score (nSPS) is 29.1. The molecule has 3 rings (SSSR count). The van der Waals surface area contributed by atoms with Crippen LogP contribution in [0.2, 0.25) is 0 Å². The highest BCUT2D eigenvalue weighted by Crippen LogP contribution is 2.52. The van der Waals surface area contributed by atoms with Crippen molar-refractivity contribution in [3.05, 3.63) is 23.8 Å². The number of carbonyl (C=O) groups excluding carboxylic acids is 1. The minimum atomic E-state index is -3.21. The molecule has 1 aliphatic heterocycles. The van der Waals surface area contributed by atoms with Crippen molar-refractivity contribution in [3.8, 4) is 11.5 Å². The highest BCUT2D eigenvalue weighted by molar-refractivity contribution is 7.91. The topological polar surface area (TPSA) is 69.7 Å². The Morgan fingerprint density at radius 1 is 1.28 bits per heavy atom. The maximum atomic E-state index is 11.6. The molecule has 0 amide bonds. The first-order valence-electron chi connectivity index (χ1n) is 5.56. The van der Waals surface area contributed by atoms with E-state index >= 15 is 0 Å². The van der Waals surface area contributed by atoms with Crippen molar-refractivity contribution in [3.63, 3.8) is 0 Å². The average molecular weight is 268 g/mol. The molecule has 5 nitrogen and oxygen atoms in total. The third-order valence-corrected chi connectivity index (χ3v) is 5.04. The number of aldehydes is 1. The highest BCUT2D eigenvalue weighted by atomic mass is 32.2. The fourth-order valence-corrected chi connectivity index (χ4v) is 4.14. The van der Waals surface area contributed by atoms with E-state index in [0.717, 1.165) is 11.8 Å². The molecule has 0 spiro atoms. The summed E-state index contributed by atoms with van der Waals surface area (Å²) in [6.07, 6.45) is 1.89. The summed E-state index contributed by atoms with van der Waals surface area (Å²) in [5, 5.41) is -0.602. The zero-order valence-corrected chi connectivity index (χ0v) is 10.5. The number of benzene rings is 1. The van der Waals surface area contributed by atoms with Gasteiger partial charge in [-0.1, -0.05) is 6.07 Å². The zero-order chi connectivity index (χ0) is 12.9. The summed E-state index contributed by atoms with van der Waals surface area (Å²) in [5.74, 6) is 0.557. The minimum absolute atomic E-state index is 0.177. The summed E-state index contributed by atoms with van der Waals surface area (Å²) >= 11 is 0. The summed E-state index contributed by atoms with van der Waals surface area (Å²) in [7, 11) is -3.21. The number of hydrogen-bond donors (Lipinski definition) is 0. The van der Waals surface area contributed by atoms with E-state index < -0.39 is 21.0 Å². The number of hydrogen-bond acceptors (Lipinski definition) is 5. The molecule has 1 aromatic rings. The van der Waals surface area contributed by atoms with Crippen molar-refractivity contribution in [1.82, 2.24) is 0 Å². The Hall–Kier alpha value is -1.56. The molecule has 1 aliphatic carbocycles. The highest BCUT2D eigenvalue weighted by Gasteiger charge is 2.57. The molecule has 3 atom stereocenters. The molecule has 0 unspecified atom stereocenters. The van der Waals surface area contributed by atoms with Crippen molar-refractivity contribution in [2.24, 2.45) is 5.92 Å². The lowest BCUT2D eigenvalue weighted by atomic mass is 10.1. The van der Waals surface area contributed by atoms with Gasteiger partial charge in [0.25, 0.3) is 0 Å². The Bertz CT molecular complexity index is 607. The third-order valence-electron chi connectivity index (χ3n) is 3.44. The molecule has 6 heteroatoms. The van der Waals surface area contributed by atoms with Gasteiger partial charge >= 0.3 is 0 Å². The predicted octanol–water partition coefficient (Wildman–Crippen LogP) is 0.741. The van der Waals surface area contributed by atoms with Crippen LogP contribution in [0.5, 0.6) is 11.5 Å². The van der Waals surface area contributed by atoms with Crippen LogP contribution >= 0.6 is 0 Å². The molecule has 96 valence electrons. The molecular formula is C12H12O5S. The van der Waals surface area contributed by atoms with E-state index in [0.29, 0.717) is 11.5 Å². The van der Waals surface area contributed by atoms with Crippen LogP contribution in [0.15, 0.2) is 18.2 Å². The van der Waals surface area contributed by atoms with Crippen molar-refractivity contribution in [2.75, 3.05) is 13.0 Å². The van der Waals surface area contributed by atoms with Gasteiger partial charge < -0.3 is 14.3 Å². The number of fused-ring (bicyclic) bond motifs is 1. The van der Waals surface area contributed by atoms with E-state index in [1.165, 1.54) is 6.26 Å². The zero-order valence-electron chi connectivity index (χ0n) is 9.70. The molecule has 0 radical (unpaired) electrons. The van der Waals surface area contributed by atoms with E-state index in [-0.39, 0.29) is 12.7 Å². The van der Waals surface area contributed by atoms with Gasteiger partial charge in [-0.25, -0.2) is 8.42 Å². The van der Waals surface area contributed by atoms with Crippen LogP contribution in [-0.2, 0) is 14.6 Å². The fraction of sp³-hybridized carbons (Fsp3) is 0.417. The first-order valence-corrected chi connectivity index (χ1v) is 7.51. The van der Waals surface area contributed by atoms with E-state index in [4.69, 9.17) is 9.47 Å². The first kappa shape index (κ1) is 11.5. The Kier molecular flexibility index (Phi) is 2.38. The largest absolute Gasteiger partial charge is 0.454 e. The van der Waals surface area contributed by atoms with E-state index in [9.17, 15) is 13.2 Å². The maximum Gasteiger partial charge on any atom is 0.231 e. The lowest BCUT2D eigenvalue weighted by Gasteiger charge is -2.01. The van der Waals surface area contributed by atoms with Crippen LogP contribution in [0.3, 0.4) is 0 Å². The number of ether oxygens (including phenoxy) is 2. The lowest BCUT2D eigenvalue weighted by Crippen LogP contribution is -2.07. The molecule has 0 N–H and O–H groups in total. The average Bonchev–Trinajstić information content (AvgIpc) is 2.90. The minimum Gasteiger partial charge on any atom is -0.454 e. The Morgan fingerprint density at radius 3 is 2.61 bits per heavy atom. The van der Waals surface area contributed by atoms with Crippen molar-refractivity contribution in [1.29, 1.82) is 0 Å². The molecule has 1 heterocycles. The molecule has 18 heavy (non-hydrogen) atoms. The van der Waals surface area contributed by atoms with E-state index in [1.807, 2.05) is 0 Å². The second kappa shape index (κ2) is 3.71. The molecule has 2 aliphatic rings. The van der Waals surface area contributed by atoms with Gasteiger partial charge in [-0.2, -0.15) is 0 Å². The lowest BCUT2D eigenvalue weighted by molar-refractivity contribution is -0.108. The van der Waals surface area contributed by atoms with Gasteiger partial charge in [0.2, 0.25) is 6.79 Å².